The van der Waals surface area contributed by atoms with Crippen molar-refractivity contribution in [2.24, 2.45) is 0 Å². The van der Waals surface area contributed by atoms with Crippen LogP contribution < -0.4 is 10.6 Å². The van der Waals surface area contributed by atoms with Gasteiger partial charge in [-0.05, 0) is 30.3 Å². The third-order valence-corrected chi connectivity index (χ3v) is 4.07. The number of carbonyl (C=O) groups is 2. The van der Waals surface area contributed by atoms with Crippen LogP contribution in [0.1, 0.15) is 16.3 Å². The van der Waals surface area contributed by atoms with E-state index in [4.69, 9.17) is 11.6 Å². The summed E-state index contributed by atoms with van der Waals surface area (Å²) in [6, 6.07) is 8.44. The number of benzene rings is 1. The molecule has 2 amide bonds. The lowest BCUT2D eigenvalue weighted by molar-refractivity contribution is -0.115. The van der Waals surface area contributed by atoms with Gasteiger partial charge in [-0.3, -0.25) is 14.9 Å². The number of nitrogens with one attached hydrogen (secondary N) is 2. The maximum Gasteiger partial charge on any atom is 0.295 e. The molecule has 0 spiro atoms. The van der Waals surface area contributed by atoms with Gasteiger partial charge in [0, 0.05) is 28.5 Å². The van der Waals surface area contributed by atoms with Gasteiger partial charge in [0.1, 0.15) is 0 Å². The number of amides is 2. The Hall–Kier alpha value is -2.84. The molecule has 0 fully saturated rings. The fourth-order valence-electron chi connectivity index (χ4n) is 1.92. The van der Waals surface area contributed by atoms with Gasteiger partial charge in [-0.1, -0.05) is 11.6 Å². The van der Waals surface area contributed by atoms with E-state index in [1.165, 1.54) is 23.7 Å². The van der Waals surface area contributed by atoms with E-state index in [2.05, 4.69) is 25.6 Å². The lowest BCUT2D eigenvalue weighted by Gasteiger charge is -2.03. The Morgan fingerprint density at radius 3 is 2.52 bits per heavy atom. The first kappa shape index (κ1) is 17.0. The Morgan fingerprint density at radius 1 is 1.08 bits per heavy atom. The van der Waals surface area contributed by atoms with E-state index < -0.39 is 5.91 Å². The summed E-state index contributed by atoms with van der Waals surface area (Å²) in [4.78, 5) is 35.9. The standard InChI is InChI=1S/C16H12ClN5O2S/c17-10-2-4-11(5-3-10)20-13(23)8-12-9-25-16(21-12)22-15(24)14-18-6-1-7-19-14/h1-7,9H,8H2,(H,20,23)(H,21,22,24). The Morgan fingerprint density at radius 2 is 1.80 bits per heavy atom. The smallest absolute Gasteiger partial charge is 0.295 e. The molecule has 2 heterocycles. The monoisotopic (exact) mass is 373 g/mol. The second kappa shape index (κ2) is 7.82. The van der Waals surface area contributed by atoms with Crippen molar-refractivity contribution in [3.8, 4) is 0 Å². The summed E-state index contributed by atoms with van der Waals surface area (Å²) in [6.45, 7) is 0. The van der Waals surface area contributed by atoms with Crippen molar-refractivity contribution >= 4 is 45.6 Å². The zero-order chi connectivity index (χ0) is 17.6. The van der Waals surface area contributed by atoms with Gasteiger partial charge >= 0.3 is 0 Å². The lowest BCUT2D eigenvalue weighted by Crippen LogP contribution is -2.16. The summed E-state index contributed by atoms with van der Waals surface area (Å²) in [5.74, 6) is -0.608. The van der Waals surface area contributed by atoms with Gasteiger partial charge < -0.3 is 5.32 Å². The molecule has 25 heavy (non-hydrogen) atoms. The average molecular weight is 374 g/mol. The Balaban J connectivity index is 1.57. The SMILES string of the molecule is O=C(Cc1csc(NC(=O)c2ncccn2)n1)Nc1ccc(Cl)cc1. The fourth-order valence-corrected chi connectivity index (χ4v) is 2.75. The highest BCUT2D eigenvalue weighted by molar-refractivity contribution is 7.14. The molecule has 1 aromatic carbocycles. The molecule has 2 aromatic heterocycles. The van der Waals surface area contributed by atoms with Crippen LogP contribution >= 0.6 is 22.9 Å². The molecule has 0 aliphatic rings. The molecule has 0 bridgehead atoms. The van der Waals surface area contributed by atoms with E-state index in [1.807, 2.05) is 0 Å². The van der Waals surface area contributed by atoms with Crippen molar-refractivity contribution in [2.75, 3.05) is 10.6 Å². The number of carbonyl (C=O) groups excluding carboxylic acids is 2. The Bertz CT molecular complexity index is 883. The van der Waals surface area contributed by atoms with Crippen LogP contribution in [0.25, 0.3) is 0 Å². The average Bonchev–Trinajstić information content (AvgIpc) is 3.04. The van der Waals surface area contributed by atoms with Crippen molar-refractivity contribution in [3.05, 3.63) is 64.6 Å². The highest BCUT2D eigenvalue weighted by Crippen LogP contribution is 2.17. The molecule has 7 nitrogen and oxygen atoms in total. The van der Waals surface area contributed by atoms with Crippen LogP contribution in [0.2, 0.25) is 5.02 Å². The van der Waals surface area contributed by atoms with Gasteiger partial charge in [0.2, 0.25) is 11.7 Å². The molecule has 0 aliphatic heterocycles. The molecule has 0 saturated carbocycles. The van der Waals surface area contributed by atoms with E-state index in [1.54, 1.807) is 35.7 Å². The first-order chi connectivity index (χ1) is 12.1. The maximum absolute atomic E-state index is 12.0. The number of rotatable bonds is 5. The third-order valence-electron chi connectivity index (χ3n) is 3.01. The normalized spacial score (nSPS) is 10.3. The molecule has 3 rings (SSSR count). The summed E-state index contributed by atoms with van der Waals surface area (Å²) < 4.78 is 0. The summed E-state index contributed by atoms with van der Waals surface area (Å²) in [5.41, 5.74) is 1.21. The van der Waals surface area contributed by atoms with Gasteiger partial charge in [0.05, 0.1) is 12.1 Å². The summed E-state index contributed by atoms with van der Waals surface area (Å²) >= 11 is 7.03. The molecular formula is C16H12ClN5O2S. The second-order valence-electron chi connectivity index (χ2n) is 4.90. The molecule has 9 heteroatoms. The zero-order valence-electron chi connectivity index (χ0n) is 12.8. The predicted octanol–water partition coefficient (Wildman–Crippen LogP) is 3.02. The van der Waals surface area contributed by atoms with Crippen molar-refractivity contribution in [1.82, 2.24) is 15.0 Å². The molecule has 3 aromatic rings. The Labute approximate surface area is 152 Å². The first-order valence-corrected chi connectivity index (χ1v) is 8.44. The number of thiazole rings is 1. The number of hydrogen-bond donors (Lipinski definition) is 2. The van der Waals surface area contributed by atoms with Crippen LogP contribution in [-0.4, -0.2) is 26.8 Å². The number of anilines is 2. The van der Waals surface area contributed by atoms with Crippen molar-refractivity contribution < 1.29 is 9.59 Å². The zero-order valence-corrected chi connectivity index (χ0v) is 14.3. The second-order valence-corrected chi connectivity index (χ2v) is 6.20. The maximum atomic E-state index is 12.0. The lowest BCUT2D eigenvalue weighted by atomic mass is 10.3. The van der Waals surface area contributed by atoms with Gasteiger partial charge in [0.15, 0.2) is 5.13 Å². The number of nitrogens with zero attached hydrogens (tertiary/aromatic N) is 3. The molecule has 0 unspecified atom stereocenters. The van der Waals surface area contributed by atoms with Crippen LogP contribution in [0, 0.1) is 0 Å². The van der Waals surface area contributed by atoms with Crippen molar-refractivity contribution in [2.45, 2.75) is 6.42 Å². The molecule has 0 aliphatic carbocycles. The fraction of sp³-hybridized carbons (Fsp3) is 0.0625. The van der Waals surface area contributed by atoms with E-state index in [0.717, 1.165) is 0 Å². The summed E-state index contributed by atoms with van der Waals surface area (Å²) in [7, 11) is 0. The minimum Gasteiger partial charge on any atom is -0.326 e. The third kappa shape index (κ3) is 4.82. The molecule has 2 N–H and O–H groups in total. The van der Waals surface area contributed by atoms with Crippen LogP contribution in [0.3, 0.4) is 0 Å². The minimum atomic E-state index is -0.452. The summed E-state index contributed by atoms with van der Waals surface area (Å²) in [5, 5.41) is 8.05. The largest absolute Gasteiger partial charge is 0.326 e. The minimum absolute atomic E-state index is 0.0553. The van der Waals surface area contributed by atoms with Crippen molar-refractivity contribution in [3.63, 3.8) is 0 Å². The van der Waals surface area contributed by atoms with Gasteiger partial charge in [-0.2, -0.15) is 0 Å². The number of aromatic nitrogens is 3. The first-order valence-electron chi connectivity index (χ1n) is 7.18. The van der Waals surface area contributed by atoms with Crippen LogP contribution in [0.15, 0.2) is 48.1 Å². The predicted molar refractivity (Wildman–Crippen MR) is 95.9 cm³/mol. The van der Waals surface area contributed by atoms with E-state index in [0.29, 0.717) is 21.5 Å². The molecule has 126 valence electrons. The molecule has 0 saturated heterocycles. The summed E-state index contributed by atoms with van der Waals surface area (Å²) in [6.07, 6.45) is 3.06. The Kier molecular flexibility index (Phi) is 5.32. The topological polar surface area (TPSA) is 96.9 Å². The highest BCUT2D eigenvalue weighted by atomic mass is 35.5. The number of hydrogen-bond acceptors (Lipinski definition) is 6. The number of halogens is 1. The molecular weight excluding hydrogens is 362 g/mol. The highest BCUT2D eigenvalue weighted by Gasteiger charge is 2.13. The van der Waals surface area contributed by atoms with E-state index in [9.17, 15) is 9.59 Å². The van der Waals surface area contributed by atoms with Gasteiger partial charge in [-0.15, -0.1) is 11.3 Å². The quantitative estimate of drug-likeness (QED) is 0.716. The van der Waals surface area contributed by atoms with Crippen LogP contribution in [0.5, 0.6) is 0 Å². The van der Waals surface area contributed by atoms with Crippen LogP contribution in [-0.2, 0) is 11.2 Å². The van der Waals surface area contributed by atoms with Gasteiger partial charge in [-0.25, -0.2) is 15.0 Å². The van der Waals surface area contributed by atoms with Crippen LogP contribution in [0.4, 0.5) is 10.8 Å². The van der Waals surface area contributed by atoms with Crippen molar-refractivity contribution in [1.29, 1.82) is 0 Å². The molecule has 0 atom stereocenters. The van der Waals surface area contributed by atoms with E-state index in [-0.39, 0.29) is 18.2 Å². The van der Waals surface area contributed by atoms with E-state index >= 15 is 0 Å². The van der Waals surface area contributed by atoms with Gasteiger partial charge in [0.25, 0.3) is 5.91 Å². The molecule has 0 radical (unpaired) electrons.